The standard InChI is InChI=1S/C20H33ClN4O3/c1-2-9-22-18-14-17(7-8-19(18)25(27)28)23-10-12-24(13-11-23)20(26)15-3-5-16(21)6-4-15/h2,15-19,22H,1,3-14H2. The van der Waals surface area contributed by atoms with Gasteiger partial charge in [-0.25, -0.2) is 0 Å². The molecule has 2 saturated carbocycles. The molecule has 3 fully saturated rings. The Balaban J connectivity index is 1.49. The van der Waals surface area contributed by atoms with Gasteiger partial charge in [-0.15, -0.1) is 18.2 Å². The zero-order valence-electron chi connectivity index (χ0n) is 16.6. The van der Waals surface area contributed by atoms with Crippen LogP contribution in [0.15, 0.2) is 12.7 Å². The first kappa shape index (κ1) is 21.5. The summed E-state index contributed by atoms with van der Waals surface area (Å²) in [6.07, 6.45) is 7.70. The van der Waals surface area contributed by atoms with Crippen LogP contribution in [0.4, 0.5) is 0 Å². The van der Waals surface area contributed by atoms with Gasteiger partial charge in [-0.2, -0.15) is 0 Å². The molecule has 158 valence electrons. The molecule has 1 saturated heterocycles. The molecule has 0 aromatic heterocycles. The van der Waals surface area contributed by atoms with E-state index in [1.54, 1.807) is 6.08 Å². The van der Waals surface area contributed by atoms with Gasteiger partial charge in [-0.3, -0.25) is 19.8 Å². The largest absolute Gasteiger partial charge is 0.340 e. The summed E-state index contributed by atoms with van der Waals surface area (Å²) in [5.41, 5.74) is 0. The zero-order valence-corrected chi connectivity index (χ0v) is 17.4. The average molecular weight is 413 g/mol. The van der Waals surface area contributed by atoms with Crippen molar-refractivity contribution >= 4 is 17.5 Å². The summed E-state index contributed by atoms with van der Waals surface area (Å²) in [6.45, 7) is 7.54. The Morgan fingerprint density at radius 2 is 1.82 bits per heavy atom. The Morgan fingerprint density at radius 3 is 2.43 bits per heavy atom. The molecule has 1 amide bonds. The molecule has 3 rings (SSSR count). The summed E-state index contributed by atoms with van der Waals surface area (Å²) in [7, 11) is 0. The van der Waals surface area contributed by atoms with Gasteiger partial charge in [0.2, 0.25) is 11.9 Å². The smallest absolute Gasteiger partial charge is 0.228 e. The first-order chi connectivity index (χ1) is 13.5. The maximum absolute atomic E-state index is 12.8. The van der Waals surface area contributed by atoms with E-state index in [0.717, 1.165) is 64.7 Å². The van der Waals surface area contributed by atoms with Gasteiger partial charge >= 0.3 is 0 Å². The molecule has 0 aromatic rings. The Morgan fingerprint density at radius 1 is 1.14 bits per heavy atom. The van der Waals surface area contributed by atoms with Crippen LogP contribution in [0.5, 0.6) is 0 Å². The number of nitro groups is 1. The van der Waals surface area contributed by atoms with Crippen molar-refractivity contribution in [3.8, 4) is 0 Å². The molecule has 3 aliphatic rings. The van der Waals surface area contributed by atoms with Crippen LogP contribution < -0.4 is 5.32 Å². The lowest BCUT2D eigenvalue weighted by molar-refractivity contribution is -0.530. The molecule has 1 heterocycles. The van der Waals surface area contributed by atoms with Crippen LogP contribution in [0.1, 0.15) is 44.9 Å². The zero-order chi connectivity index (χ0) is 20.1. The number of carbonyl (C=O) groups excluding carboxylic acids is 1. The highest BCUT2D eigenvalue weighted by Crippen LogP contribution is 2.30. The molecule has 1 N–H and O–H groups in total. The second kappa shape index (κ2) is 10.0. The fraction of sp³-hybridized carbons (Fsp3) is 0.850. The minimum atomic E-state index is -0.517. The SMILES string of the molecule is C=CCNC1CC(N2CCN(C(=O)C3CCC(Cl)CC3)CC2)CCC1[N+](=O)[O-]. The van der Waals surface area contributed by atoms with E-state index in [1.807, 2.05) is 4.90 Å². The van der Waals surface area contributed by atoms with Gasteiger partial charge in [0.05, 0.1) is 6.04 Å². The number of hydrogen-bond acceptors (Lipinski definition) is 5. The molecule has 28 heavy (non-hydrogen) atoms. The van der Waals surface area contributed by atoms with Crippen LogP contribution >= 0.6 is 11.6 Å². The molecule has 2 aliphatic carbocycles. The van der Waals surface area contributed by atoms with Crippen molar-refractivity contribution in [2.45, 2.75) is 68.4 Å². The van der Waals surface area contributed by atoms with Crippen LogP contribution in [0.3, 0.4) is 0 Å². The fourth-order valence-corrected chi connectivity index (χ4v) is 5.29. The number of alkyl halides is 1. The van der Waals surface area contributed by atoms with Crippen LogP contribution in [-0.4, -0.2) is 76.9 Å². The fourth-order valence-electron chi connectivity index (χ4n) is 5.04. The maximum atomic E-state index is 12.8. The highest BCUT2D eigenvalue weighted by Gasteiger charge is 2.40. The second-order valence-corrected chi connectivity index (χ2v) is 9.05. The summed E-state index contributed by atoms with van der Waals surface area (Å²) >= 11 is 6.17. The quantitative estimate of drug-likeness (QED) is 0.313. The van der Waals surface area contributed by atoms with Gasteiger partial charge in [-0.1, -0.05) is 6.08 Å². The average Bonchev–Trinajstić information content (AvgIpc) is 2.72. The van der Waals surface area contributed by atoms with E-state index in [0.29, 0.717) is 24.9 Å². The van der Waals surface area contributed by atoms with Crippen molar-refractivity contribution in [3.63, 3.8) is 0 Å². The Bertz CT molecular complexity index is 560. The lowest BCUT2D eigenvalue weighted by Gasteiger charge is -2.43. The molecule has 0 spiro atoms. The minimum Gasteiger partial charge on any atom is -0.340 e. The molecular weight excluding hydrogens is 380 g/mol. The summed E-state index contributed by atoms with van der Waals surface area (Å²) in [6, 6.07) is -0.282. The molecule has 0 aromatic carbocycles. The van der Waals surface area contributed by atoms with Gasteiger partial charge in [0.1, 0.15) is 0 Å². The third kappa shape index (κ3) is 5.24. The lowest BCUT2D eigenvalue weighted by Crippen LogP contribution is -2.57. The van der Waals surface area contributed by atoms with Crippen molar-refractivity contribution in [2.24, 2.45) is 5.92 Å². The van der Waals surface area contributed by atoms with Crippen molar-refractivity contribution in [1.82, 2.24) is 15.1 Å². The topological polar surface area (TPSA) is 78.7 Å². The molecule has 8 heteroatoms. The van der Waals surface area contributed by atoms with Gasteiger partial charge in [0, 0.05) is 61.4 Å². The normalized spacial score (nSPS) is 34.8. The number of carbonyl (C=O) groups is 1. The van der Waals surface area contributed by atoms with E-state index in [9.17, 15) is 14.9 Å². The van der Waals surface area contributed by atoms with Crippen LogP contribution in [0.2, 0.25) is 0 Å². The van der Waals surface area contributed by atoms with E-state index in [1.165, 1.54) is 0 Å². The first-order valence-corrected chi connectivity index (χ1v) is 11.1. The van der Waals surface area contributed by atoms with Gasteiger partial charge < -0.3 is 10.2 Å². The molecular formula is C20H33ClN4O3. The number of amides is 1. The Hall–Kier alpha value is -1.18. The van der Waals surface area contributed by atoms with Crippen LogP contribution in [-0.2, 0) is 4.79 Å². The van der Waals surface area contributed by atoms with Crippen molar-refractivity contribution in [1.29, 1.82) is 0 Å². The third-order valence-electron chi connectivity index (χ3n) is 6.73. The predicted molar refractivity (Wildman–Crippen MR) is 110 cm³/mol. The van der Waals surface area contributed by atoms with Crippen LogP contribution in [0.25, 0.3) is 0 Å². The highest BCUT2D eigenvalue weighted by atomic mass is 35.5. The maximum Gasteiger partial charge on any atom is 0.228 e. The number of nitrogens with zero attached hydrogens (tertiary/aromatic N) is 3. The van der Waals surface area contributed by atoms with Gasteiger partial charge in [0.15, 0.2) is 0 Å². The Labute approximate surface area is 172 Å². The first-order valence-electron chi connectivity index (χ1n) is 10.6. The van der Waals surface area contributed by atoms with Crippen LogP contribution in [0, 0.1) is 16.0 Å². The van der Waals surface area contributed by atoms with Crippen molar-refractivity contribution < 1.29 is 9.72 Å². The molecule has 0 bridgehead atoms. The van der Waals surface area contributed by atoms with Crippen molar-refractivity contribution in [3.05, 3.63) is 22.8 Å². The number of rotatable bonds is 6. The number of nitrogens with one attached hydrogen (secondary N) is 1. The summed E-state index contributed by atoms with van der Waals surface area (Å²) in [4.78, 5) is 28.5. The summed E-state index contributed by atoms with van der Waals surface area (Å²) in [5, 5.41) is 14.9. The third-order valence-corrected chi connectivity index (χ3v) is 7.17. The van der Waals surface area contributed by atoms with E-state index >= 15 is 0 Å². The van der Waals surface area contributed by atoms with E-state index in [-0.39, 0.29) is 22.3 Å². The second-order valence-electron chi connectivity index (χ2n) is 8.43. The minimum absolute atomic E-state index is 0.114. The van der Waals surface area contributed by atoms with E-state index < -0.39 is 6.04 Å². The monoisotopic (exact) mass is 412 g/mol. The number of hydrogen-bond donors (Lipinski definition) is 1. The predicted octanol–water partition coefficient (Wildman–Crippen LogP) is 2.27. The summed E-state index contributed by atoms with van der Waals surface area (Å²) in [5.74, 6) is 0.440. The van der Waals surface area contributed by atoms with Crippen molar-refractivity contribution in [2.75, 3.05) is 32.7 Å². The molecule has 7 nitrogen and oxygen atoms in total. The lowest BCUT2D eigenvalue weighted by atomic mass is 9.85. The van der Waals surface area contributed by atoms with E-state index in [4.69, 9.17) is 11.6 Å². The molecule has 3 unspecified atom stereocenters. The number of piperazine rings is 1. The highest BCUT2D eigenvalue weighted by molar-refractivity contribution is 6.20. The summed E-state index contributed by atoms with van der Waals surface area (Å²) < 4.78 is 0. The molecule has 1 aliphatic heterocycles. The van der Waals surface area contributed by atoms with E-state index in [2.05, 4.69) is 16.8 Å². The van der Waals surface area contributed by atoms with Gasteiger partial charge in [0.25, 0.3) is 0 Å². The Kier molecular flexibility index (Phi) is 7.71. The number of halogens is 1. The molecule has 0 radical (unpaired) electrons. The van der Waals surface area contributed by atoms with Gasteiger partial charge in [-0.05, 0) is 38.5 Å². The molecule has 3 atom stereocenters.